The van der Waals surface area contributed by atoms with E-state index >= 15 is 0 Å². The summed E-state index contributed by atoms with van der Waals surface area (Å²) in [7, 11) is 1.97. The van der Waals surface area contributed by atoms with E-state index < -0.39 is 0 Å². The Kier molecular flexibility index (Phi) is 3.02. The number of H-pyrrole nitrogens is 1. The van der Waals surface area contributed by atoms with E-state index in [0.717, 1.165) is 31.2 Å². The Morgan fingerprint density at radius 2 is 2.33 bits per heavy atom. The molecule has 0 aliphatic rings. The zero-order valence-corrected chi connectivity index (χ0v) is 8.77. The molecule has 80 valence electrons. The van der Waals surface area contributed by atoms with E-state index in [9.17, 15) is 0 Å². The van der Waals surface area contributed by atoms with Crippen LogP contribution in [-0.2, 0) is 13.5 Å². The molecule has 15 heavy (non-hydrogen) atoms. The maximum Gasteiger partial charge on any atom is 0.202 e. The van der Waals surface area contributed by atoms with E-state index in [4.69, 9.17) is 0 Å². The van der Waals surface area contributed by atoms with Crippen LogP contribution in [0.3, 0.4) is 0 Å². The van der Waals surface area contributed by atoms with Crippen molar-refractivity contribution >= 4 is 5.95 Å². The normalized spacial score (nSPS) is 10.5. The lowest BCUT2D eigenvalue weighted by Crippen LogP contribution is -2.07. The van der Waals surface area contributed by atoms with Gasteiger partial charge in [-0.2, -0.15) is 0 Å². The van der Waals surface area contributed by atoms with Crippen molar-refractivity contribution in [2.24, 2.45) is 7.05 Å². The van der Waals surface area contributed by atoms with Gasteiger partial charge in [0.1, 0.15) is 5.82 Å². The van der Waals surface area contributed by atoms with Gasteiger partial charge in [-0.1, -0.05) is 0 Å². The average Bonchev–Trinajstić information content (AvgIpc) is 2.85. The first-order valence-corrected chi connectivity index (χ1v) is 5.06. The van der Waals surface area contributed by atoms with Crippen LogP contribution in [0.1, 0.15) is 12.2 Å². The van der Waals surface area contributed by atoms with Crippen LogP contribution >= 0.6 is 0 Å². The minimum Gasteiger partial charge on any atom is -0.356 e. The Morgan fingerprint density at radius 3 is 3.00 bits per heavy atom. The van der Waals surface area contributed by atoms with Crippen LogP contribution in [0.15, 0.2) is 24.8 Å². The molecule has 2 heterocycles. The average molecular weight is 205 g/mol. The standard InChI is InChI=1S/C10H15N5/c1-15-8-7-14-10(15)13-4-2-3-9-11-5-6-12-9/h5-8H,2-4H2,1H3,(H,11,12)(H,13,14). The number of hydrogen-bond donors (Lipinski definition) is 2. The van der Waals surface area contributed by atoms with Crippen LogP contribution in [0.2, 0.25) is 0 Å². The van der Waals surface area contributed by atoms with Crippen molar-refractivity contribution in [2.45, 2.75) is 12.8 Å². The first kappa shape index (κ1) is 9.76. The maximum atomic E-state index is 4.18. The molecule has 0 aliphatic carbocycles. The summed E-state index contributed by atoms with van der Waals surface area (Å²) in [6, 6.07) is 0. The molecule has 0 radical (unpaired) electrons. The van der Waals surface area contributed by atoms with Crippen LogP contribution in [0.25, 0.3) is 0 Å². The quantitative estimate of drug-likeness (QED) is 0.721. The van der Waals surface area contributed by atoms with Gasteiger partial charge in [0, 0.05) is 44.8 Å². The SMILES string of the molecule is Cn1ccnc1NCCCc1ncc[nH]1. The van der Waals surface area contributed by atoms with Crippen molar-refractivity contribution in [1.82, 2.24) is 19.5 Å². The van der Waals surface area contributed by atoms with Gasteiger partial charge in [0.05, 0.1) is 0 Å². The maximum absolute atomic E-state index is 4.18. The van der Waals surface area contributed by atoms with E-state index in [1.165, 1.54) is 0 Å². The predicted octanol–water partition coefficient (Wildman–Crippen LogP) is 1.19. The van der Waals surface area contributed by atoms with Crippen molar-refractivity contribution in [3.05, 3.63) is 30.6 Å². The number of aromatic nitrogens is 4. The molecule has 2 aromatic heterocycles. The first-order chi connectivity index (χ1) is 7.36. The Hall–Kier alpha value is -1.78. The highest BCUT2D eigenvalue weighted by Crippen LogP contribution is 2.01. The molecule has 5 nitrogen and oxygen atoms in total. The molecule has 2 rings (SSSR count). The van der Waals surface area contributed by atoms with Gasteiger partial charge in [-0.3, -0.25) is 0 Å². The number of rotatable bonds is 5. The molecule has 0 atom stereocenters. The largest absolute Gasteiger partial charge is 0.356 e. The molecule has 5 heteroatoms. The van der Waals surface area contributed by atoms with E-state index in [1.54, 1.807) is 12.4 Å². The first-order valence-electron chi connectivity index (χ1n) is 5.06. The second-order valence-corrected chi connectivity index (χ2v) is 3.43. The Balaban J connectivity index is 1.70. The van der Waals surface area contributed by atoms with E-state index in [-0.39, 0.29) is 0 Å². The number of aromatic amines is 1. The van der Waals surface area contributed by atoms with Gasteiger partial charge in [0.2, 0.25) is 5.95 Å². The van der Waals surface area contributed by atoms with Gasteiger partial charge in [-0.15, -0.1) is 0 Å². The van der Waals surface area contributed by atoms with Crippen molar-refractivity contribution < 1.29 is 0 Å². The second-order valence-electron chi connectivity index (χ2n) is 3.43. The minimum absolute atomic E-state index is 0.908. The molecule has 0 spiro atoms. The van der Waals surface area contributed by atoms with Gasteiger partial charge in [0.25, 0.3) is 0 Å². The molecule has 2 N–H and O–H groups in total. The number of nitrogens with zero attached hydrogens (tertiary/aromatic N) is 3. The summed E-state index contributed by atoms with van der Waals surface area (Å²) in [4.78, 5) is 11.4. The molecule has 0 amide bonds. The topological polar surface area (TPSA) is 58.5 Å². The summed E-state index contributed by atoms with van der Waals surface area (Å²) in [5.74, 6) is 1.95. The second kappa shape index (κ2) is 4.63. The monoisotopic (exact) mass is 205 g/mol. The number of nitrogens with one attached hydrogen (secondary N) is 2. The smallest absolute Gasteiger partial charge is 0.202 e. The highest BCUT2D eigenvalue weighted by molar-refractivity contribution is 5.24. The fourth-order valence-electron chi connectivity index (χ4n) is 1.43. The Labute approximate surface area is 88.6 Å². The molecule has 2 aromatic rings. The molecular formula is C10H15N5. The highest BCUT2D eigenvalue weighted by Gasteiger charge is 1.98. The van der Waals surface area contributed by atoms with Crippen molar-refractivity contribution in [2.75, 3.05) is 11.9 Å². The molecule has 0 bridgehead atoms. The van der Waals surface area contributed by atoms with Crippen molar-refractivity contribution in [1.29, 1.82) is 0 Å². The number of imidazole rings is 2. The summed E-state index contributed by atoms with van der Waals surface area (Å²) < 4.78 is 1.97. The zero-order valence-electron chi connectivity index (χ0n) is 8.77. The fraction of sp³-hybridized carbons (Fsp3) is 0.400. The van der Waals surface area contributed by atoms with Gasteiger partial charge in [0.15, 0.2) is 0 Å². The lowest BCUT2D eigenvalue weighted by atomic mass is 10.3. The van der Waals surface area contributed by atoms with Gasteiger partial charge in [-0.25, -0.2) is 9.97 Å². The fourth-order valence-corrected chi connectivity index (χ4v) is 1.43. The summed E-state index contributed by atoms with van der Waals surface area (Å²) in [5.41, 5.74) is 0. The van der Waals surface area contributed by atoms with Crippen molar-refractivity contribution in [3.8, 4) is 0 Å². The molecular weight excluding hydrogens is 190 g/mol. The zero-order chi connectivity index (χ0) is 10.5. The van der Waals surface area contributed by atoms with E-state index in [2.05, 4.69) is 20.3 Å². The van der Waals surface area contributed by atoms with E-state index in [0.29, 0.717) is 0 Å². The van der Waals surface area contributed by atoms with E-state index in [1.807, 2.05) is 24.0 Å². The molecule has 0 saturated carbocycles. The number of aryl methyl sites for hydroxylation is 2. The minimum atomic E-state index is 0.908. The number of anilines is 1. The third kappa shape index (κ3) is 2.59. The van der Waals surface area contributed by atoms with Crippen LogP contribution < -0.4 is 5.32 Å². The molecule has 0 aromatic carbocycles. The van der Waals surface area contributed by atoms with Crippen LogP contribution in [0.4, 0.5) is 5.95 Å². The lowest BCUT2D eigenvalue weighted by molar-refractivity contribution is 0.800. The Bertz CT molecular complexity index is 390. The highest BCUT2D eigenvalue weighted by atomic mass is 15.2. The third-order valence-electron chi connectivity index (χ3n) is 2.25. The van der Waals surface area contributed by atoms with Crippen LogP contribution in [0.5, 0.6) is 0 Å². The van der Waals surface area contributed by atoms with Crippen molar-refractivity contribution in [3.63, 3.8) is 0 Å². The molecule has 0 unspecified atom stereocenters. The summed E-state index contributed by atoms with van der Waals surface area (Å²) >= 11 is 0. The molecule has 0 saturated heterocycles. The van der Waals surface area contributed by atoms with Gasteiger partial charge < -0.3 is 14.9 Å². The number of hydrogen-bond acceptors (Lipinski definition) is 3. The molecule has 0 fully saturated rings. The molecule has 0 aliphatic heterocycles. The van der Waals surface area contributed by atoms with Crippen LogP contribution in [-0.4, -0.2) is 26.1 Å². The van der Waals surface area contributed by atoms with Gasteiger partial charge in [-0.05, 0) is 6.42 Å². The summed E-state index contributed by atoms with van der Waals surface area (Å²) in [6.07, 6.45) is 9.34. The summed E-state index contributed by atoms with van der Waals surface area (Å²) in [5, 5.41) is 3.27. The summed E-state index contributed by atoms with van der Waals surface area (Å²) in [6.45, 7) is 0.908. The van der Waals surface area contributed by atoms with Gasteiger partial charge >= 0.3 is 0 Å². The predicted molar refractivity (Wildman–Crippen MR) is 58.6 cm³/mol. The Morgan fingerprint density at radius 1 is 1.40 bits per heavy atom. The third-order valence-corrected chi connectivity index (χ3v) is 2.25. The lowest BCUT2D eigenvalue weighted by Gasteiger charge is -2.04. The van der Waals surface area contributed by atoms with Crippen LogP contribution in [0, 0.1) is 0 Å².